The first-order valence-electron chi connectivity index (χ1n) is 13.8. The third kappa shape index (κ3) is 4.64. The van der Waals surface area contributed by atoms with E-state index in [-0.39, 0.29) is 22.9 Å². The van der Waals surface area contributed by atoms with Crippen LogP contribution in [0.5, 0.6) is 0 Å². The standard InChI is InChI=1S/C26H39N7O4S/c1-16-22(24(34)29-23-19-8-18-9-20(23)12-26(35,10-18)11-19)30-32(3)25(16)33-6-4-17(5-7-33)13-28-38(36,37)21-14-31(2)15-27-21/h14-15,17-20,23,28,35H,4-13H2,1-3H3,(H,29,34). The molecule has 2 unspecified atom stereocenters. The van der Waals surface area contributed by atoms with Gasteiger partial charge in [0, 0.05) is 51.5 Å². The lowest BCUT2D eigenvalue weighted by Crippen LogP contribution is -2.61. The van der Waals surface area contributed by atoms with Crippen LogP contribution >= 0.6 is 0 Å². The van der Waals surface area contributed by atoms with Crippen LogP contribution in [0, 0.1) is 30.6 Å². The second-order valence-corrected chi connectivity index (χ2v) is 14.0. The lowest BCUT2D eigenvalue weighted by molar-refractivity contribution is -0.136. The molecule has 4 bridgehead atoms. The van der Waals surface area contributed by atoms with Crippen molar-refractivity contribution >= 4 is 21.7 Å². The molecule has 3 N–H and O–H groups in total. The summed E-state index contributed by atoms with van der Waals surface area (Å²) in [5, 5.41) is 18.8. The summed E-state index contributed by atoms with van der Waals surface area (Å²) in [6, 6.07) is 0.120. The maximum Gasteiger partial charge on any atom is 0.272 e. The van der Waals surface area contributed by atoms with Gasteiger partial charge >= 0.3 is 0 Å². The van der Waals surface area contributed by atoms with E-state index in [9.17, 15) is 18.3 Å². The van der Waals surface area contributed by atoms with Crippen LogP contribution in [-0.4, -0.2) is 70.0 Å². The summed E-state index contributed by atoms with van der Waals surface area (Å²) in [7, 11) is 0.00657. The monoisotopic (exact) mass is 545 g/mol. The number of piperidine rings is 1. The van der Waals surface area contributed by atoms with E-state index in [0.717, 1.165) is 69.4 Å². The van der Waals surface area contributed by atoms with E-state index in [2.05, 4.69) is 25.0 Å². The van der Waals surface area contributed by atoms with Gasteiger partial charge in [0.25, 0.3) is 15.9 Å². The van der Waals surface area contributed by atoms with Crippen molar-refractivity contribution in [3.63, 3.8) is 0 Å². The van der Waals surface area contributed by atoms with Crippen LogP contribution in [0.4, 0.5) is 5.82 Å². The van der Waals surface area contributed by atoms with Gasteiger partial charge in [0.15, 0.2) is 10.7 Å². The number of imidazole rings is 1. The predicted octanol–water partition coefficient (Wildman–Crippen LogP) is 1.33. The van der Waals surface area contributed by atoms with Crippen LogP contribution in [0.25, 0.3) is 0 Å². The predicted molar refractivity (Wildman–Crippen MR) is 141 cm³/mol. The lowest BCUT2D eigenvalue weighted by atomic mass is 9.52. The smallest absolute Gasteiger partial charge is 0.272 e. The third-order valence-electron chi connectivity index (χ3n) is 9.43. The summed E-state index contributed by atoms with van der Waals surface area (Å²) < 4.78 is 31.1. The fraction of sp³-hybridized carbons (Fsp3) is 0.731. The highest BCUT2D eigenvalue weighted by Gasteiger charge is 2.55. The van der Waals surface area contributed by atoms with Crippen LogP contribution < -0.4 is 14.9 Å². The second kappa shape index (κ2) is 9.34. The Hall–Kier alpha value is -2.44. The van der Waals surface area contributed by atoms with Gasteiger partial charge in [0.1, 0.15) is 5.82 Å². The van der Waals surface area contributed by atoms with Crippen molar-refractivity contribution in [3.05, 3.63) is 23.8 Å². The number of nitrogens with zero attached hydrogens (tertiary/aromatic N) is 5. The number of nitrogens with one attached hydrogen (secondary N) is 2. The molecule has 2 aromatic rings. The molecule has 3 heterocycles. The molecule has 2 aromatic heterocycles. The van der Waals surface area contributed by atoms with Crippen molar-refractivity contribution in [2.75, 3.05) is 24.5 Å². The highest BCUT2D eigenvalue weighted by Crippen LogP contribution is 2.55. The number of anilines is 1. The minimum absolute atomic E-state index is 0.0401. The van der Waals surface area contributed by atoms with E-state index >= 15 is 0 Å². The first-order valence-corrected chi connectivity index (χ1v) is 15.3. The molecule has 38 heavy (non-hydrogen) atoms. The van der Waals surface area contributed by atoms with Gasteiger partial charge in [-0.05, 0) is 75.5 Å². The molecule has 5 aliphatic rings. The van der Waals surface area contributed by atoms with E-state index in [1.165, 1.54) is 12.5 Å². The number of carbonyl (C=O) groups is 1. The molecule has 1 aliphatic heterocycles. The average Bonchev–Trinajstić information content (AvgIpc) is 3.42. The van der Waals surface area contributed by atoms with Crippen molar-refractivity contribution in [1.29, 1.82) is 0 Å². The number of aliphatic hydroxyl groups is 1. The fourth-order valence-electron chi connectivity index (χ4n) is 7.89. The molecule has 208 valence electrons. The molecule has 4 saturated carbocycles. The highest BCUT2D eigenvalue weighted by atomic mass is 32.2. The van der Waals surface area contributed by atoms with Gasteiger partial charge in [-0.3, -0.25) is 9.48 Å². The van der Waals surface area contributed by atoms with E-state index in [4.69, 9.17) is 0 Å². The van der Waals surface area contributed by atoms with Gasteiger partial charge < -0.3 is 19.9 Å². The first kappa shape index (κ1) is 25.8. The molecule has 12 heteroatoms. The zero-order valence-corrected chi connectivity index (χ0v) is 23.2. The van der Waals surface area contributed by atoms with Crippen LogP contribution in [0.1, 0.15) is 61.0 Å². The Morgan fingerprint density at radius 2 is 1.84 bits per heavy atom. The summed E-state index contributed by atoms with van der Waals surface area (Å²) in [5.41, 5.74) is 0.831. The van der Waals surface area contributed by atoms with Gasteiger partial charge in [0.2, 0.25) is 0 Å². The SMILES string of the molecule is Cc1c(C(=O)NC2C3CC4CC2CC(O)(C4)C3)nn(C)c1N1CCC(CNS(=O)(=O)c2cn(C)cn2)CC1. The number of hydrogen-bond acceptors (Lipinski definition) is 7. The molecule has 5 fully saturated rings. The highest BCUT2D eigenvalue weighted by molar-refractivity contribution is 7.89. The maximum atomic E-state index is 13.4. The molecular weight excluding hydrogens is 506 g/mol. The van der Waals surface area contributed by atoms with Crippen molar-refractivity contribution in [2.24, 2.45) is 37.8 Å². The van der Waals surface area contributed by atoms with Crippen molar-refractivity contribution in [1.82, 2.24) is 29.4 Å². The van der Waals surface area contributed by atoms with Crippen molar-refractivity contribution < 1.29 is 18.3 Å². The van der Waals surface area contributed by atoms with Gasteiger partial charge in [-0.25, -0.2) is 18.1 Å². The summed E-state index contributed by atoms with van der Waals surface area (Å²) >= 11 is 0. The maximum absolute atomic E-state index is 13.4. The topological polar surface area (TPSA) is 134 Å². The normalized spacial score (nSPS) is 31.2. The molecule has 0 spiro atoms. The number of amides is 1. The second-order valence-electron chi connectivity index (χ2n) is 12.3. The van der Waals surface area contributed by atoms with Gasteiger partial charge in [-0.1, -0.05) is 0 Å². The third-order valence-corrected chi connectivity index (χ3v) is 10.7. The zero-order valence-electron chi connectivity index (χ0n) is 22.4. The fourth-order valence-corrected chi connectivity index (χ4v) is 8.99. The zero-order chi connectivity index (χ0) is 26.8. The van der Waals surface area contributed by atoms with Gasteiger partial charge in [0.05, 0.1) is 11.9 Å². The Labute approximate surface area is 224 Å². The molecule has 0 aromatic carbocycles. The Balaban J connectivity index is 1.07. The van der Waals surface area contributed by atoms with Crippen LogP contribution in [0.2, 0.25) is 0 Å². The summed E-state index contributed by atoms with van der Waals surface area (Å²) in [6.07, 6.45) is 9.37. The number of aryl methyl sites for hydroxylation is 2. The summed E-state index contributed by atoms with van der Waals surface area (Å²) in [4.78, 5) is 19.6. The Bertz CT molecular complexity index is 1310. The summed E-state index contributed by atoms with van der Waals surface area (Å²) in [5.74, 6) is 2.37. The first-order chi connectivity index (χ1) is 18.0. The Kier molecular flexibility index (Phi) is 6.34. The van der Waals surface area contributed by atoms with Gasteiger partial charge in [-0.2, -0.15) is 5.10 Å². The van der Waals surface area contributed by atoms with E-state index in [1.807, 2.05) is 14.0 Å². The molecule has 1 saturated heterocycles. The number of carbonyl (C=O) groups excluding carboxylic acids is 1. The Morgan fingerprint density at radius 3 is 2.45 bits per heavy atom. The average molecular weight is 546 g/mol. The largest absolute Gasteiger partial charge is 0.390 e. The number of hydrogen-bond donors (Lipinski definition) is 3. The number of sulfonamides is 1. The van der Waals surface area contributed by atoms with E-state index < -0.39 is 15.6 Å². The summed E-state index contributed by atoms with van der Waals surface area (Å²) in [6.45, 7) is 3.88. The number of aromatic nitrogens is 4. The molecule has 11 nitrogen and oxygen atoms in total. The lowest BCUT2D eigenvalue weighted by Gasteiger charge is -2.58. The van der Waals surface area contributed by atoms with Crippen LogP contribution in [0.15, 0.2) is 17.6 Å². The molecule has 7 rings (SSSR count). The minimum atomic E-state index is -3.61. The minimum Gasteiger partial charge on any atom is -0.390 e. The molecule has 0 radical (unpaired) electrons. The van der Waals surface area contributed by atoms with Crippen molar-refractivity contribution in [2.45, 2.75) is 68.5 Å². The van der Waals surface area contributed by atoms with Crippen LogP contribution in [0.3, 0.4) is 0 Å². The molecule has 2 atom stereocenters. The van der Waals surface area contributed by atoms with Crippen molar-refractivity contribution in [3.8, 4) is 0 Å². The Morgan fingerprint density at radius 1 is 1.16 bits per heavy atom. The van der Waals surface area contributed by atoms with Gasteiger partial charge in [-0.15, -0.1) is 0 Å². The number of rotatable bonds is 7. The molecular formula is C26H39N7O4S. The quantitative estimate of drug-likeness (QED) is 0.478. The van der Waals surface area contributed by atoms with E-state index in [0.29, 0.717) is 30.0 Å². The van der Waals surface area contributed by atoms with Crippen LogP contribution in [-0.2, 0) is 24.1 Å². The molecule has 4 aliphatic carbocycles. The molecule has 1 amide bonds. The van der Waals surface area contributed by atoms with E-state index in [1.54, 1.807) is 16.3 Å².